The molecule has 0 saturated carbocycles. The zero-order chi connectivity index (χ0) is 19.9. The Hall–Kier alpha value is -2.62. The lowest BCUT2D eigenvalue weighted by molar-refractivity contribution is 0.230. The molecule has 3 heteroatoms. The summed E-state index contributed by atoms with van der Waals surface area (Å²) < 4.78 is 6.33. The van der Waals surface area contributed by atoms with E-state index in [0.717, 1.165) is 38.3 Å². The van der Waals surface area contributed by atoms with Crippen LogP contribution in [0.3, 0.4) is 0 Å². The second-order valence-electron chi connectivity index (χ2n) is 7.76. The molecule has 0 spiro atoms. The maximum absolute atomic E-state index is 6.33. The smallest absolute Gasteiger partial charge is 0.124 e. The van der Waals surface area contributed by atoms with Crippen molar-refractivity contribution in [2.24, 2.45) is 0 Å². The van der Waals surface area contributed by atoms with E-state index in [2.05, 4.69) is 89.9 Å². The molecule has 0 bridgehead atoms. The van der Waals surface area contributed by atoms with Gasteiger partial charge in [0.25, 0.3) is 0 Å². The fourth-order valence-electron chi connectivity index (χ4n) is 4.03. The molecule has 0 amide bonds. The van der Waals surface area contributed by atoms with Gasteiger partial charge in [0, 0.05) is 25.2 Å². The standard InChI is InChI=1S/C26H30N2O/c1-21-12-14-23(15-13-21)26(28-18-7-16-27-17-19-28)24-10-5-6-11-25(24)29-20-22-8-3-2-4-9-22/h2-6,8-15,26-27H,7,16-20H2,1H3. The van der Waals surface area contributed by atoms with Gasteiger partial charge in [0.15, 0.2) is 0 Å². The van der Waals surface area contributed by atoms with Crippen LogP contribution in [0.2, 0.25) is 0 Å². The molecule has 1 heterocycles. The average molecular weight is 387 g/mol. The average Bonchev–Trinajstić information content (AvgIpc) is 3.05. The number of hydrogen-bond acceptors (Lipinski definition) is 3. The molecule has 1 unspecified atom stereocenters. The Balaban J connectivity index is 1.67. The van der Waals surface area contributed by atoms with Crippen molar-refractivity contribution in [2.75, 3.05) is 26.2 Å². The zero-order valence-corrected chi connectivity index (χ0v) is 17.2. The second kappa shape index (κ2) is 9.73. The van der Waals surface area contributed by atoms with Crippen LogP contribution >= 0.6 is 0 Å². The first-order valence-electron chi connectivity index (χ1n) is 10.6. The topological polar surface area (TPSA) is 24.5 Å². The van der Waals surface area contributed by atoms with Gasteiger partial charge < -0.3 is 10.1 Å². The van der Waals surface area contributed by atoms with Crippen molar-refractivity contribution in [3.63, 3.8) is 0 Å². The van der Waals surface area contributed by atoms with Crippen LogP contribution in [0.4, 0.5) is 0 Å². The largest absolute Gasteiger partial charge is 0.489 e. The number of ether oxygens (including phenoxy) is 1. The summed E-state index contributed by atoms with van der Waals surface area (Å²) in [7, 11) is 0. The highest BCUT2D eigenvalue weighted by Crippen LogP contribution is 2.35. The molecule has 4 rings (SSSR count). The third-order valence-electron chi connectivity index (χ3n) is 5.58. The van der Waals surface area contributed by atoms with Crippen LogP contribution in [0.1, 0.15) is 34.7 Å². The molecule has 0 aromatic heterocycles. The summed E-state index contributed by atoms with van der Waals surface area (Å²) in [4.78, 5) is 2.59. The lowest BCUT2D eigenvalue weighted by Crippen LogP contribution is -2.33. The van der Waals surface area contributed by atoms with E-state index in [1.807, 2.05) is 6.07 Å². The summed E-state index contributed by atoms with van der Waals surface area (Å²) in [5.74, 6) is 0.971. The first-order valence-corrected chi connectivity index (χ1v) is 10.6. The third-order valence-corrected chi connectivity index (χ3v) is 5.58. The van der Waals surface area contributed by atoms with Gasteiger partial charge in [0.2, 0.25) is 0 Å². The van der Waals surface area contributed by atoms with E-state index >= 15 is 0 Å². The molecule has 1 fully saturated rings. The van der Waals surface area contributed by atoms with Crippen molar-refractivity contribution >= 4 is 0 Å². The molecule has 3 aromatic rings. The summed E-state index contributed by atoms with van der Waals surface area (Å²) in [5, 5.41) is 3.53. The van der Waals surface area contributed by atoms with Gasteiger partial charge in [-0.05, 0) is 37.1 Å². The van der Waals surface area contributed by atoms with E-state index in [4.69, 9.17) is 4.74 Å². The molecular formula is C26H30N2O. The maximum Gasteiger partial charge on any atom is 0.124 e. The molecule has 29 heavy (non-hydrogen) atoms. The first-order chi connectivity index (χ1) is 14.3. The van der Waals surface area contributed by atoms with Crippen LogP contribution in [0.5, 0.6) is 5.75 Å². The van der Waals surface area contributed by atoms with Crippen molar-refractivity contribution in [1.29, 1.82) is 0 Å². The van der Waals surface area contributed by atoms with Gasteiger partial charge in [-0.3, -0.25) is 4.90 Å². The van der Waals surface area contributed by atoms with Crippen molar-refractivity contribution in [1.82, 2.24) is 10.2 Å². The lowest BCUT2D eigenvalue weighted by atomic mass is 9.95. The highest BCUT2D eigenvalue weighted by Gasteiger charge is 2.25. The van der Waals surface area contributed by atoms with Gasteiger partial charge in [-0.2, -0.15) is 0 Å². The number of aryl methyl sites for hydroxylation is 1. The van der Waals surface area contributed by atoms with Crippen LogP contribution in [0.25, 0.3) is 0 Å². The maximum atomic E-state index is 6.33. The number of hydrogen-bond donors (Lipinski definition) is 1. The Kier molecular flexibility index (Phi) is 6.60. The molecule has 1 N–H and O–H groups in total. The van der Waals surface area contributed by atoms with E-state index < -0.39 is 0 Å². The third kappa shape index (κ3) is 5.06. The van der Waals surface area contributed by atoms with E-state index in [9.17, 15) is 0 Å². The molecule has 3 aromatic carbocycles. The molecule has 1 atom stereocenters. The van der Waals surface area contributed by atoms with Gasteiger partial charge >= 0.3 is 0 Å². The highest BCUT2D eigenvalue weighted by atomic mass is 16.5. The lowest BCUT2D eigenvalue weighted by Gasteiger charge is -2.32. The fraction of sp³-hybridized carbons (Fsp3) is 0.308. The van der Waals surface area contributed by atoms with Gasteiger partial charge in [-0.15, -0.1) is 0 Å². The van der Waals surface area contributed by atoms with Crippen LogP contribution < -0.4 is 10.1 Å². The van der Waals surface area contributed by atoms with Crippen LogP contribution in [-0.2, 0) is 6.61 Å². The molecule has 0 radical (unpaired) electrons. The number of rotatable bonds is 6. The van der Waals surface area contributed by atoms with E-state index in [0.29, 0.717) is 6.61 Å². The van der Waals surface area contributed by atoms with Gasteiger partial charge in [0.1, 0.15) is 12.4 Å². The van der Waals surface area contributed by atoms with Crippen LogP contribution in [0, 0.1) is 6.92 Å². The predicted octanol–water partition coefficient (Wildman–Crippen LogP) is 4.96. The molecular weight excluding hydrogens is 356 g/mol. The Morgan fingerprint density at radius 1 is 0.862 bits per heavy atom. The second-order valence-corrected chi connectivity index (χ2v) is 7.76. The number of para-hydroxylation sites is 1. The van der Waals surface area contributed by atoms with Crippen molar-refractivity contribution < 1.29 is 4.74 Å². The van der Waals surface area contributed by atoms with Gasteiger partial charge in [-0.1, -0.05) is 78.4 Å². The zero-order valence-electron chi connectivity index (χ0n) is 17.2. The van der Waals surface area contributed by atoms with Crippen LogP contribution in [0.15, 0.2) is 78.9 Å². The number of nitrogens with one attached hydrogen (secondary N) is 1. The normalized spacial score (nSPS) is 16.2. The van der Waals surface area contributed by atoms with Gasteiger partial charge in [-0.25, -0.2) is 0 Å². The van der Waals surface area contributed by atoms with Crippen molar-refractivity contribution in [2.45, 2.75) is 26.0 Å². The summed E-state index contributed by atoms with van der Waals surface area (Å²) in [5.41, 5.74) is 5.05. The monoisotopic (exact) mass is 386 g/mol. The van der Waals surface area contributed by atoms with E-state index in [1.54, 1.807) is 0 Å². The summed E-state index contributed by atoms with van der Waals surface area (Å²) >= 11 is 0. The number of benzene rings is 3. The molecule has 1 aliphatic heterocycles. The molecule has 0 aliphatic carbocycles. The Bertz CT molecular complexity index is 884. The predicted molar refractivity (Wildman–Crippen MR) is 119 cm³/mol. The van der Waals surface area contributed by atoms with Crippen molar-refractivity contribution in [3.8, 4) is 5.75 Å². The fourth-order valence-corrected chi connectivity index (χ4v) is 4.03. The number of nitrogens with zero attached hydrogens (tertiary/aromatic N) is 1. The minimum atomic E-state index is 0.197. The molecule has 1 saturated heterocycles. The first kappa shape index (κ1) is 19.7. The highest BCUT2D eigenvalue weighted by molar-refractivity contribution is 5.42. The molecule has 150 valence electrons. The quantitative estimate of drug-likeness (QED) is 0.648. The molecule has 1 aliphatic rings. The van der Waals surface area contributed by atoms with E-state index in [-0.39, 0.29) is 6.04 Å². The van der Waals surface area contributed by atoms with Crippen LogP contribution in [-0.4, -0.2) is 31.1 Å². The Morgan fingerprint density at radius 3 is 2.45 bits per heavy atom. The minimum Gasteiger partial charge on any atom is -0.489 e. The van der Waals surface area contributed by atoms with Gasteiger partial charge in [0.05, 0.1) is 6.04 Å². The molecule has 3 nitrogen and oxygen atoms in total. The SMILES string of the molecule is Cc1ccc(C(c2ccccc2OCc2ccccc2)N2CCCNCC2)cc1. The summed E-state index contributed by atoms with van der Waals surface area (Å²) in [6, 6.07) is 28.1. The minimum absolute atomic E-state index is 0.197. The van der Waals surface area contributed by atoms with E-state index in [1.165, 1.54) is 22.3 Å². The summed E-state index contributed by atoms with van der Waals surface area (Å²) in [6.07, 6.45) is 1.16. The summed E-state index contributed by atoms with van der Waals surface area (Å²) in [6.45, 7) is 6.95. The Morgan fingerprint density at radius 2 is 1.62 bits per heavy atom. The Labute approximate surface area is 174 Å². The van der Waals surface area contributed by atoms with Crippen molar-refractivity contribution in [3.05, 3.63) is 101 Å².